The summed E-state index contributed by atoms with van der Waals surface area (Å²) < 4.78 is 47.1. The molecular formula is C26H26Cl2N2O7S. The minimum absolute atomic E-state index is 0.0429. The van der Waals surface area contributed by atoms with Crippen molar-refractivity contribution in [2.45, 2.75) is 25.2 Å². The molecule has 3 aromatic rings. The Labute approximate surface area is 231 Å². The fraction of sp³-hybridized carbons (Fsp3) is 0.231. The van der Waals surface area contributed by atoms with Gasteiger partial charge in [-0.1, -0.05) is 30.1 Å². The van der Waals surface area contributed by atoms with Gasteiger partial charge in [0, 0.05) is 10.6 Å². The molecule has 0 aliphatic carbocycles. The highest BCUT2D eigenvalue weighted by Crippen LogP contribution is 2.38. The molecule has 0 unspecified atom stereocenters. The van der Waals surface area contributed by atoms with Crippen molar-refractivity contribution < 1.29 is 31.6 Å². The summed E-state index contributed by atoms with van der Waals surface area (Å²) in [6.45, 7) is 4.77. The van der Waals surface area contributed by atoms with Crippen molar-refractivity contribution in [3.05, 3.63) is 75.8 Å². The van der Waals surface area contributed by atoms with E-state index in [-0.39, 0.29) is 21.4 Å². The van der Waals surface area contributed by atoms with Crippen LogP contribution in [0.1, 0.15) is 36.2 Å². The van der Waals surface area contributed by atoms with Crippen LogP contribution in [-0.4, -0.2) is 40.9 Å². The van der Waals surface area contributed by atoms with Crippen molar-refractivity contribution in [3.8, 4) is 23.0 Å². The summed E-state index contributed by atoms with van der Waals surface area (Å²) in [4.78, 5) is 12.5. The highest BCUT2D eigenvalue weighted by molar-refractivity contribution is 7.87. The molecule has 0 aliphatic heterocycles. The topological polar surface area (TPSA) is 113 Å². The average Bonchev–Trinajstić information content (AvgIpc) is 2.89. The summed E-state index contributed by atoms with van der Waals surface area (Å²) in [7, 11) is -2.87. The maximum atomic E-state index is 12.7. The summed E-state index contributed by atoms with van der Waals surface area (Å²) in [6, 6.07) is 13.2. The molecule has 0 saturated heterocycles. The van der Waals surface area contributed by atoms with Crippen LogP contribution in [0, 0.1) is 0 Å². The molecule has 202 valence electrons. The van der Waals surface area contributed by atoms with E-state index in [9.17, 15) is 13.2 Å². The van der Waals surface area contributed by atoms with Crippen LogP contribution in [0.3, 0.4) is 0 Å². The molecule has 0 radical (unpaired) electrons. The SMILES string of the molecule is CCCOc1ccc(C(=O)N/N=C/c2cc(Cl)c(OS(=O)(=O)c3ccc(Cl)cc3)c(OC)c2)cc1OCC. The number of hydrogen-bond donors (Lipinski definition) is 1. The van der Waals surface area contributed by atoms with E-state index in [4.69, 9.17) is 41.6 Å². The Hall–Kier alpha value is -3.47. The molecule has 38 heavy (non-hydrogen) atoms. The Kier molecular flexibility index (Phi) is 10.2. The van der Waals surface area contributed by atoms with E-state index < -0.39 is 16.0 Å². The Morgan fingerprint density at radius 1 is 0.974 bits per heavy atom. The fourth-order valence-electron chi connectivity index (χ4n) is 3.13. The minimum Gasteiger partial charge on any atom is -0.493 e. The number of carbonyl (C=O) groups excluding carboxylic acids is 1. The van der Waals surface area contributed by atoms with Crippen molar-refractivity contribution in [2.24, 2.45) is 5.10 Å². The van der Waals surface area contributed by atoms with Gasteiger partial charge in [-0.15, -0.1) is 0 Å². The van der Waals surface area contributed by atoms with Crippen LogP contribution in [0.4, 0.5) is 0 Å². The van der Waals surface area contributed by atoms with E-state index in [0.717, 1.165) is 6.42 Å². The second kappa shape index (κ2) is 13.4. The summed E-state index contributed by atoms with van der Waals surface area (Å²) in [5.41, 5.74) is 3.17. The van der Waals surface area contributed by atoms with Crippen LogP contribution >= 0.6 is 23.2 Å². The zero-order valence-electron chi connectivity index (χ0n) is 20.9. The molecule has 1 amide bonds. The van der Waals surface area contributed by atoms with Gasteiger partial charge in [0.1, 0.15) is 4.90 Å². The number of benzene rings is 3. The summed E-state index contributed by atoms with van der Waals surface area (Å²) in [5, 5.41) is 4.29. The third-order valence-electron chi connectivity index (χ3n) is 4.89. The predicted molar refractivity (Wildman–Crippen MR) is 146 cm³/mol. The van der Waals surface area contributed by atoms with Crippen molar-refractivity contribution in [2.75, 3.05) is 20.3 Å². The van der Waals surface area contributed by atoms with Crippen molar-refractivity contribution in [3.63, 3.8) is 0 Å². The first-order valence-corrected chi connectivity index (χ1v) is 13.7. The lowest BCUT2D eigenvalue weighted by Crippen LogP contribution is -2.18. The normalized spacial score (nSPS) is 11.3. The number of nitrogens with one attached hydrogen (secondary N) is 1. The fourth-order valence-corrected chi connectivity index (χ4v) is 4.52. The van der Waals surface area contributed by atoms with Gasteiger partial charge >= 0.3 is 10.1 Å². The first kappa shape index (κ1) is 29.1. The van der Waals surface area contributed by atoms with Gasteiger partial charge in [0.2, 0.25) is 5.75 Å². The summed E-state index contributed by atoms with van der Waals surface area (Å²) >= 11 is 12.1. The maximum absolute atomic E-state index is 12.7. The molecule has 1 N–H and O–H groups in total. The lowest BCUT2D eigenvalue weighted by Gasteiger charge is -2.13. The number of nitrogens with zero attached hydrogens (tertiary/aromatic N) is 1. The molecule has 0 atom stereocenters. The highest BCUT2D eigenvalue weighted by Gasteiger charge is 2.22. The lowest BCUT2D eigenvalue weighted by atomic mass is 10.2. The molecule has 0 spiro atoms. The van der Waals surface area contributed by atoms with Crippen molar-refractivity contribution in [1.82, 2.24) is 5.43 Å². The monoisotopic (exact) mass is 580 g/mol. The van der Waals surface area contributed by atoms with Crippen LogP contribution in [0.5, 0.6) is 23.0 Å². The number of hydrogen-bond acceptors (Lipinski definition) is 8. The Morgan fingerprint density at radius 3 is 2.37 bits per heavy atom. The van der Waals surface area contributed by atoms with Gasteiger partial charge in [-0.25, -0.2) is 5.43 Å². The Morgan fingerprint density at radius 2 is 1.71 bits per heavy atom. The Balaban J connectivity index is 1.75. The number of halogens is 2. The second-order valence-electron chi connectivity index (χ2n) is 7.67. The molecule has 0 heterocycles. The van der Waals surface area contributed by atoms with E-state index >= 15 is 0 Å². The Bertz CT molecular complexity index is 1410. The maximum Gasteiger partial charge on any atom is 0.339 e. The van der Waals surface area contributed by atoms with Gasteiger partial charge in [-0.2, -0.15) is 13.5 Å². The molecule has 3 rings (SSSR count). The van der Waals surface area contributed by atoms with Crippen LogP contribution in [0.25, 0.3) is 0 Å². The van der Waals surface area contributed by atoms with Gasteiger partial charge in [-0.05, 0) is 73.5 Å². The number of carbonyl (C=O) groups is 1. The molecular weight excluding hydrogens is 555 g/mol. The van der Waals surface area contributed by atoms with Gasteiger partial charge in [-0.3, -0.25) is 4.79 Å². The average molecular weight is 581 g/mol. The number of rotatable bonds is 12. The predicted octanol–water partition coefficient (Wildman–Crippen LogP) is 5.72. The second-order valence-corrected chi connectivity index (χ2v) is 10.1. The molecule has 0 aromatic heterocycles. The zero-order valence-corrected chi connectivity index (χ0v) is 23.2. The molecule has 9 nitrogen and oxygen atoms in total. The third-order valence-corrected chi connectivity index (χ3v) is 6.66. The number of hydrazone groups is 1. The summed E-state index contributed by atoms with van der Waals surface area (Å²) in [6.07, 6.45) is 2.16. The number of amides is 1. The molecule has 0 saturated carbocycles. The molecule has 3 aromatic carbocycles. The molecule has 0 bridgehead atoms. The lowest BCUT2D eigenvalue weighted by molar-refractivity contribution is 0.0954. The van der Waals surface area contributed by atoms with Gasteiger partial charge in [0.25, 0.3) is 5.91 Å². The molecule has 0 aliphatic rings. The molecule has 0 fully saturated rings. The van der Waals surface area contributed by atoms with E-state index in [0.29, 0.717) is 40.9 Å². The van der Waals surface area contributed by atoms with Crippen LogP contribution < -0.4 is 23.8 Å². The van der Waals surface area contributed by atoms with E-state index in [1.54, 1.807) is 18.2 Å². The summed E-state index contributed by atoms with van der Waals surface area (Å²) in [5.74, 6) is 0.386. The van der Waals surface area contributed by atoms with E-state index in [1.165, 1.54) is 49.7 Å². The largest absolute Gasteiger partial charge is 0.493 e. The van der Waals surface area contributed by atoms with Crippen LogP contribution in [0.2, 0.25) is 10.0 Å². The molecule has 12 heteroatoms. The van der Waals surface area contributed by atoms with Crippen molar-refractivity contribution in [1.29, 1.82) is 0 Å². The van der Waals surface area contributed by atoms with Gasteiger partial charge in [0.15, 0.2) is 17.2 Å². The quantitative estimate of drug-likeness (QED) is 0.165. The zero-order chi connectivity index (χ0) is 27.7. The first-order chi connectivity index (χ1) is 18.2. The third kappa shape index (κ3) is 7.53. The minimum atomic E-state index is -4.21. The van der Waals surface area contributed by atoms with Gasteiger partial charge in [0.05, 0.1) is 31.6 Å². The standard InChI is InChI=1S/C26H26Cl2N2O7S/c1-4-12-36-22-11-6-18(15-23(22)35-5-2)26(31)30-29-16-17-13-21(28)25(24(14-17)34-3)37-38(32,33)20-9-7-19(27)8-10-20/h6-11,13-16H,4-5,12H2,1-3H3,(H,30,31)/b29-16+. The number of methoxy groups -OCH3 is 1. The van der Waals surface area contributed by atoms with E-state index in [2.05, 4.69) is 10.5 Å². The van der Waals surface area contributed by atoms with Crippen LogP contribution in [-0.2, 0) is 10.1 Å². The number of ether oxygens (including phenoxy) is 3. The highest BCUT2D eigenvalue weighted by atomic mass is 35.5. The smallest absolute Gasteiger partial charge is 0.339 e. The van der Waals surface area contributed by atoms with Crippen molar-refractivity contribution >= 4 is 45.4 Å². The van der Waals surface area contributed by atoms with Crippen LogP contribution in [0.15, 0.2) is 64.6 Å². The first-order valence-electron chi connectivity index (χ1n) is 11.5. The van der Waals surface area contributed by atoms with E-state index in [1.807, 2.05) is 13.8 Å². The van der Waals surface area contributed by atoms with Gasteiger partial charge < -0.3 is 18.4 Å².